The van der Waals surface area contributed by atoms with Crippen LogP contribution in [-0.2, 0) is 20.9 Å². The van der Waals surface area contributed by atoms with E-state index >= 15 is 0 Å². The quantitative estimate of drug-likeness (QED) is 0.105. The second kappa shape index (κ2) is 18.6. The SMILES string of the molecule is CCOC(=O)C(CC)Oc1cc(OCCCCCOc2ccc(CN=NC(C)=O)cc2)ccc1C(=O)N(C(C)C)C(C)C. The number of azo groups is 1. The minimum Gasteiger partial charge on any atom is -0.494 e. The van der Waals surface area contributed by atoms with Gasteiger partial charge in [-0.05, 0) is 90.1 Å². The summed E-state index contributed by atoms with van der Waals surface area (Å²) in [5.74, 6) is 0.685. The van der Waals surface area contributed by atoms with E-state index in [-0.39, 0.29) is 30.5 Å². The number of amides is 2. The lowest BCUT2D eigenvalue weighted by Gasteiger charge is -2.31. The predicted molar refractivity (Wildman–Crippen MR) is 165 cm³/mol. The molecule has 43 heavy (non-hydrogen) atoms. The topological polar surface area (TPSA) is 116 Å². The molecule has 1 unspecified atom stereocenters. The summed E-state index contributed by atoms with van der Waals surface area (Å²) in [5, 5.41) is 7.36. The molecule has 0 N–H and O–H groups in total. The Balaban J connectivity index is 1.94. The van der Waals surface area contributed by atoms with Gasteiger partial charge in [-0.3, -0.25) is 9.59 Å². The Hall–Kier alpha value is -3.95. The highest BCUT2D eigenvalue weighted by atomic mass is 16.6. The first-order valence-corrected chi connectivity index (χ1v) is 15.1. The molecule has 0 heterocycles. The molecule has 0 radical (unpaired) electrons. The number of carbonyl (C=O) groups excluding carboxylic acids is 3. The number of ether oxygens (including phenoxy) is 4. The van der Waals surface area contributed by atoms with Gasteiger partial charge in [-0.2, -0.15) is 5.11 Å². The Morgan fingerprint density at radius 3 is 2.00 bits per heavy atom. The molecule has 2 aromatic carbocycles. The number of hydrogen-bond acceptors (Lipinski definition) is 8. The van der Waals surface area contributed by atoms with E-state index in [4.69, 9.17) is 18.9 Å². The second-order valence-corrected chi connectivity index (χ2v) is 10.6. The van der Waals surface area contributed by atoms with E-state index in [1.54, 1.807) is 30.0 Å². The van der Waals surface area contributed by atoms with Gasteiger partial charge >= 0.3 is 5.97 Å². The summed E-state index contributed by atoms with van der Waals surface area (Å²) in [7, 11) is 0. The molecule has 0 bridgehead atoms. The van der Waals surface area contributed by atoms with Crippen LogP contribution in [0.3, 0.4) is 0 Å². The number of esters is 1. The fraction of sp³-hybridized carbons (Fsp3) is 0.545. The maximum atomic E-state index is 13.5. The molecule has 0 saturated heterocycles. The molecule has 10 nitrogen and oxygen atoms in total. The van der Waals surface area contributed by atoms with Crippen molar-refractivity contribution in [3.8, 4) is 17.2 Å². The van der Waals surface area contributed by atoms with Crippen molar-refractivity contribution in [2.45, 2.75) is 98.9 Å². The van der Waals surface area contributed by atoms with Gasteiger partial charge in [0.1, 0.15) is 17.2 Å². The van der Waals surface area contributed by atoms with Crippen LogP contribution in [0.25, 0.3) is 0 Å². The standard InChI is InChI=1S/C33H47N3O7/c1-8-30(33(39)40-9-2)43-31-21-28(17-18-29(31)32(38)36(23(3)4)24(5)6)42-20-12-10-11-19-41-27-15-13-26(14-16-27)22-34-35-25(7)37/h13-18,21,23-24,30H,8-12,19-20,22H2,1-7H3. The van der Waals surface area contributed by atoms with E-state index in [0.29, 0.717) is 43.2 Å². The molecule has 1 atom stereocenters. The number of nitrogens with zero attached hydrogens (tertiary/aromatic N) is 3. The maximum absolute atomic E-state index is 13.5. The van der Waals surface area contributed by atoms with Crippen molar-refractivity contribution in [3.63, 3.8) is 0 Å². The number of rotatable bonds is 18. The highest BCUT2D eigenvalue weighted by molar-refractivity contribution is 5.97. The minimum atomic E-state index is -0.832. The van der Waals surface area contributed by atoms with E-state index in [1.807, 2.05) is 58.9 Å². The number of carbonyl (C=O) groups is 3. The van der Waals surface area contributed by atoms with Crippen molar-refractivity contribution in [1.82, 2.24) is 4.90 Å². The summed E-state index contributed by atoms with van der Waals surface area (Å²) in [6, 6.07) is 12.7. The zero-order chi connectivity index (χ0) is 31.8. The van der Waals surface area contributed by atoms with Crippen LogP contribution in [-0.4, -0.2) is 60.7 Å². The number of hydrogen-bond donors (Lipinski definition) is 0. The molecule has 0 aromatic heterocycles. The van der Waals surface area contributed by atoms with Gasteiger partial charge in [0.05, 0.1) is 31.9 Å². The fourth-order valence-electron chi connectivity index (χ4n) is 4.43. The van der Waals surface area contributed by atoms with Crippen molar-refractivity contribution < 1.29 is 33.3 Å². The van der Waals surface area contributed by atoms with Crippen LogP contribution in [0.1, 0.15) is 90.1 Å². The van der Waals surface area contributed by atoms with Gasteiger partial charge in [-0.1, -0.05) is 19.1 Å². The lowest BCUT2D eigenvalue weighted by Crippen LogP contribution is -2.42. The van der Waals surface area contributed by atoms with Gasteiger partial charge in [0.15, 0.2) is 6.10 Å². The summed E-state index contributed by atoms with van der Waals surface area (Å²) in [5.41, 5.74) is 1.33. The maximum Gasteiger partial charge on any atom is 0.347 e. The molecular weight excluding hydrogens is 550 g/mol. The Morgan fingerprint density at radius 1 is 0.837 bits per heavy atom. The minimum absolute atomic E-state index is 0.0115. The first kappa shape index (κ1) is 35.2. The van der Waals surface area contributed by atoms with Crippen molar-refractivity contribution in [2.24, 2.45) is 10.2 Å². The predicted octanol–water partition coefficient (Wildman–Crippen LogP) is 6.79. The second-order valence-electron chi connectivity index (χ2n) is 10.6. The lowest BCUT2D eigenvalue weighted by molar-refractivity contribution is -0.151. The van der Waals surface area contributed by atoms with Crippen LogP contribution in [0.4, 0.5) is 0 Å². The monoisotopic (exact) mass is 597 g/mol. The normalized spacial score (nSPS) is 11.9. The first-order chi connectivity index (χ1) is 20.6. The summed E-state index contributed by atoms with van der Waals surface area (Å²) < 4.78 is 23.0. The smallest absolute Gasteiger partial charge is 0.347 e. The molecule has 0 aliphatic rings. The summed E-state index contributed by atoms with van der Waals surface area (Å²) in [6.45, 7) is 14.5. The molecule has 0 spiro atoms. The van der Waals surface area contributed by atoms with E-state index in [0.717, 1.165) is 30.6 Å². The van der Waals surface area contributed by atoms with Crippen molar-refractivity contribution in [3.05, 3.63) is 53.6 Å². The van der Waals surface area contributed by atoms with Gasteiger partial charge in [0.25, 0.3) is 11.8 Å². The third-order valence-electron chi connectivity index (χ3n) is 6.43. The molecule has 0 aliphatic carbocycles. The van der Waals surface area contributed by atoms with Crippen LogP contribution in [0.15, 0.2) is 52.7 Å². The number of benzene rings is 2. The van der Waals surface area contributed by atoms with Crippen molar-refractivity contribution >= 4 is 17.8 Å². The zero-order valence-electron chi connectivity index (χ0n) is 26.6. The number of unbranched alkanes of at least 4 members (excludes halogenated alkanes) is 2. The Morgan fingerprint density at radius 2 is 1.44 bits per heavy atom. The molecule has 2 amide bonds. The summed E-state index contributed by atoms with van der Waals surface area (Å²) >= 11 is 0. The van der Waals surface area contributed by atoms with Crippen molar-refractivity contribution in [1.29, 1.82) is 0 Å². The molecule has 2 rings (SSSR count). The molecule has 0 fully saturated rings. The van der Waals surface area contributed by atoms with E-state index in [1.165, 1.54) is 6.92 Å². The van der Waals surface area contributed by atoms with E-state index < -0.39 is 12.1 Å². The molecular formula is C33H47N3O7. The average Bonchev–Trinajstić information content (AvgIpc) is 2.95. The fourth-order valence-corrected chi connectivity index (χ4v) is 4.43. The van der Waals surface area contributed by atoms with Crippen molar-refractivity contribution in [2.75, 3.05) is 19.8 Å². The highest BCUT2D eigenvalue weighted by Crippen LogP contribution is 2.29. The van der Waals surface area contributed by atoms with Gasteiger partial charge in [-0.15, -0.1) is 5.11 Å². The largest absolute Gasteiger partial charge is 0.494 e. The lowest BCUT2D eigenvalue weighted by atomic mass is 10.1. The van der Waals surface area contributed by atoms with Gasteiger partial charge in [0, 0.05) is 25.1 Å². The van der Waals surface area contributed by atoms with Gasteiger partial charge in [0.2, 0.25) is 0 Å². The molecule has 2 aromatic rings. The van der Waals surface area contributed by atoms with Crippen LogP contribution >= 0.6 is 0 Å². The third-order valence-corrected chi connectivity index (χ3v) is 6.43. The Bertz CT molecular complexity index is 1190. The average molecular weight is 598 g/mol. The highest BCUT2D eigenvalue weighted by Gasteiger charge is 2.27. The van der Waals surface area contributed by atoms with Crippen LogP contribution in [0.5, 0.6) is 17.2 Å². The third kappa shape index (κ3) is 12.1. The molecule has 0 aliphatic heterocycles. The van der Waals surface area contributed by atoms with Crippen LogP contribution in [0.2, 0.25) is 0 Å². The molecule has 10 heteroatoms. The van der Waals surface area contributed by atoms with Crippen LogP contribution in [0, 0.1) is 0 Å². The summed E-state index contributed by atoms with van der Waals surface area (Å²) in [4.78, 5) is 38.6. The molecule has 0 saturated carbocycles. The summed E-state index contributed by atoms with van der Waals surface area (Å²) in [6.07, 6.45) is 2.14. The van der Waals surface area contributed by atoms with Crippen LogP contribution < -0.4 is 14.2 Å². The van der Waals surface area contributed by atoms with E-state index in [9.17, 15) is 14.4 Å². The zero-order valence-corrected chi connectivity index (χ0v) is 26.6. The first-order valence-electron chi connectivity index (χ1n) is 15.1. The van der Waals surface area contributed by atoms with Gasteiger partial charge in [-0.25, -0.2) is 4.79 Å². The Kier molecular flexibility index (Phi) is 15.2. The Labute approximate surface area is 255 Å². The van der Waals surface area contributed by atoms with E-state index in [2.05, 4.69) is 10.2 Å². The van der Waals surface area contributed by atoms with Gasteiger partial charge < -0.3 is 23.8 Å². The molecule has 236 valence electrons.